The number of amides is 2. The van der Waals surface area contributed by atoms with Crippen LogP contribution < -0.4 is 10.1 Å². The normalized spacial score (nSPS) is 11.8. The maximum absolute atomic E-state index is 13.2. The number of hydrogen-bond acceptors (Lipinski definition) is 3. The molecule has 2 aromatic carbocycles. The Kier molecular flexibility index (Phi) is 9.86. The third kappa shape index (κ3) is 7.28. The summed E-state index contributed by atoms with van der Waals surface area (Å²) < 4.78 is 5.91. The Balaban J connectivity index is 2.22. The summed E-state index contributed by atoms with van der Waals surface area (Å²) in [4.78, 5) is 27.6. The second kappa shape index (κ2) is 12.4. The Hall–Kier alpha value is -2.53. The van der Waals surface area contributed by atoms with Gasteiger partial charge in [0.15, 0.2) is 6.61 Å². The number of carbonyl (C=O) groups excluding carboxylic acids is 2. The molecule has 2 amide bonds. The molecule has 5 nitrogen and oxygen atoms in total. The molecule has 168 valence electrons. The van der Waals surface area contributed by atoms with E-state index < -0.39 is 6.04 Å². The fourth-order valence-corrected chi connectivity index (χ4v) is 3.51. The number of rotatable bonds is 11. The van der Waals surface area contributed by atoms with E-state index in [1.54, 1.807) is 17.0 Å². The van der Waals surface area contributed by atoms with E-state index in [0.29, 0.717) is 30.3 Å². The molecule has 2 rings (SSSR count). The molecule has 0 fully saturated rings. The summed E-state index contributed by atoms with van der Waals surface area (Å²) in [5.41, 5.74) is 1.95. The van der Waals surface area contributed by atoms with Crippen molar-refractivity contribution in [1.29, 1.82) is 0 Å². The smallest absolute Gasteiger partial charge is 0.261 e. The molecule has 0 radical (unpaired) electrons. The van der Waals surface area contributed by atoms with Crippen LogP contribution in [0.15, 0.2) is 48.5 Å². The fourth-order valence-electron chi connectivity index (χ4n) is 3.38. The largest absolute Gasteiger partial charge is 0.483 e. The zero-order valence-electron chi connectivity index (χ0n) is 18.9. The van der Waals surface area contributed by atoms with Gasteiger partial charge in [0.1, 0.15) is 11.8 Å². The van der Waals surface area contributed by atoms with Crippen LogP contribution >= 0.6 is 11.6 Å². The Morgan fingerprint density at radius 1 is 1.06 bits per heavy atom. The Bertz CT molecular complexity index is 852. The molecular formula is C25H33ClN2O3. The highest BCUT2D eigenvalue weighted by Gasteiger charge is 2.29. The van der Waals surface area contributed by atoms with Crippen molar-refractivity contribution in [2.24, 2.45) is 0 Å². The van der Waals surface area contributed by atoms with Crippen molar-refractivity contribution in [2.45, 2.75) is 59.0 Å². The Morgan fingerprint density at radius 2 is 1.74 bits per heavy atom. The molecule has 0 aliphatic rings. The van der Waals surface area contributed by atoms with Crippen LogP contribution in [0.1, 0.15) is 57.6 Å². The van der Waals surface area contributed by atoms with Gasteiger partial charge in [0, 0.05) is 18.1 Å². The summed E-state index contributed by atoms with van der Waals surface area (Å²) in [5.74, 6) is 0.599. The zero-order valence-corrected chi connectivity index (χ0v) is 19.6. The average Bonchev–Trinajstić information content (AvgIpc) is 2.77. The maximum atomic E-state index is 13.2. The summed E-state index contributed by atoms with van der Waals surface area (Å²) in [6.45, 7) is 8.84. The van der Waals surface area contributed by atoms with Crippen LogP contribution in [-0.2, 0) is 16.1 Å². The van der Waals surface area contributed by atoms with E-state index in [0.717, 1.165) is 17.5 Å². The molecule has 0 aliphatic heterocycles. The van der Waals surface area contributed by atoms with Gasteiger partial charge in [0.25, 0.3) is 5.91 Å². The van der Waals surface area contributed by atoms with Gasteiger partial charge in [-0.05, 0) is 48.1 Å². The van der Waals surface area contributed by atoms with Crippen LogP contribution in [0.4, 0.5) is 0 Å². The molecule has 0 spiro atoms. The van der Waals surface area contributed by atoms with Gasteiger partial charge in [-0.1, -0.05) is 69.6 Å². The minimum Gasteiger partial charge on any atom is -0.483 e. The minimum absolute atomic E-state index is 0.130. The first-order chi connectivity index (χ1) is 14.9. The molecule has 31 heavy (non-hydrogen) atoms. The molecule has 0 aliphatic carbocycles. The van der Waals surface area contributed by atoms with Crippen LogP contribution in [0.2, 0.25) is 5.02 Å². The van der Waals surface area contributed by atoms with Crippen molar-refractivity contribution >= 4 is 23.4 Å². The van der Waals surface area contributed by atoms with Gasteiger partial charge in [-0.25, -0.2) is 0 Å². The highest BCUT2D eigenvalue weighted by atomic mass is 35.5. The van der Waals surface area contributed by atoms with Crippen LogP contribution in [0.5, 0.6) is 5.75 Å². The van der Waals surface area contributed by atoms with E-state index in [1.807, 2.05) is 50.2 Å². The number of hydrogen-bond donors (Lipinski definition) is 1. The number of para-hydroxylation sites is 1. The molecule has 0 aromatic heterocycles. The summed E-state index contributed by atoms with van der Waals surface area (Å²) >= 11 is 6.00. The van der Waals surface area contributed by atoms with Crippen LogP contribution in [0, 0.1) is 0 Å². The first-order valence-electron chi connectivity index (χ1n) is 10.9. The van der Waals surface area contributed by atoms with Crippen molar-refractivity contribution in [3.63, 3.8) is 0 Å². The SMILES string of the molecule is CCCNC(=O)[C@@H](CC)N(Cc1ccc(Cl)cc1)C(=O)COc1ccccc1C(C)C. The molecule has 0 bridgehead atoms. The number of benzene rings is 2. The van der Waals surface area contributed by atoms with E-state index in [2.05, 4.69) is 19.2 Å². The lowest BCUT2D eigenvalue weighted by molar-refractivity contribution is -0.143. The van der Waals surface area contributed by atoms with E-state index >= 15 is 0 Å². The number of ether oxygens (including phenoxy) is 1. The van der Waals surface area contributed by atoms with Gasteiger partial charge in [0.2, 0.25) is 5.91 Å². The van der Waals surface area contributed by atoms with Crippen molar-refractivity contribution in [1.82, 2.24) is 10.2 Å². The molecule has 1 atom stereocenters. The summed E-state index contributed by atoms with van der Waals surface area (Å²) in [5, 5.41) is 3.54. The highest BCUT2D eigenvalue weighted by Crippen LogP contribution is 2.26. The molecule has 0 saturated heterocycles. The lowest BCUT2D eigenvalue weighted by Crippen LogP contribution is -2.50. The monoisotopic (exact) mass is 444 g/mol. The van der Waals surface area contributed by atoms with Crippen molar-refractivity contribution in [3.8, 4) is 5.75 Å². The first-order valence-corrected chi connectivity index (χ1v) is 11.3. The summed E-state index contributed by atoms with van der Waals surface area (Å²) in [6.07, 6.45) is 1.35. The quantitative estimate of drug-likeness (QED) is 0.519. The molecule has 1 N–H and O–H groups in total. The van der Waals surface area contributed by atoms with Crippen molar-refractivity contribution in [2.75, 3.05) is 13.2 Å². The predicted octanol–water partition coefficient (Wildman–Crippen LogP) is 5.18. The van der Waals surface area contributed by atoms with Crippen molar-refractivity contribution < 1.29 is 14.3 Å². The van der Waals surface area contributed by atoms with Gasteiger partial charge < -0.3 is 15.0 Å². The van der Waals surface area contributed by atoms with Gasteiger partial charge in [-0.2, -0.15) is 0 Å². The van der Waals surface area contributed by atoms with Gasteiger partial charge in [0.05, 0.1) is 0 Å². The summed E-state index contributed by atoms with van der Waals surface area (Å²) in [7, 11) is 0. The molecule has 0 heterocycles. The van der Waals surface area contributed by atoms with Crippen LogP contribution in [-0.4, -0.2) is 35.9 Å². The third-order valence-electron chi connectivity index (χ3n) is 5.09. The van der Waals surface area contributed by atoms with Crippen molar-refractivity contribution in [3.05, 3.63) is 64.7 Å². The molecule has 6 heteroatoms. The number of carbonyl (C=O) groups is 2. The summed E-state index contributed by atoms with van der Waals surface area (Å²) in [6, 6.07) is 14.5. The second-order valence-electron chi connectivity index (χ2n) is 7.84. The average molecular weight is 445 g/mol. The van der Waals surface area contributed by atoms with Gasteiger partial charge in [-0.3, -0.25) is 9.59 Å². The third-order valence-corrected chi connectivity index (χ3v) is 5.35. The van der Waals surface area contributed by atoms with E-state index in [-0.39, 0.29) is 24.3 Å². The lowest BCUT2D eigenvalue weighted by atomic mass is 10.0. The standard InChI is InChI=1S/C25H33ClN2O3/c1-5-15-27-25(30)22(6-2)28(16-19-11-13-20(26)14-12-19)24(29)17-31-23-10-8-7-9-21(23)18(3)4/h7-14,18,22H,5-6,15-17H2,1-4H3,(H,27,30)/t22-/m1/s1. The fraction of sp³-hybridized carbons (Fsp3) is 0.440. The topological polar surface area (TPSA) is 58.6 Å². The first kappa shape index (κ1) is 24.7. The Morgan fingerprint density at radius 3 is 2.35 bits per heavy atom. The minimum atomic E-state index is -0.571. The number of nitrogens with zero attached hydrogens (tertiary/aromatic N) is 1. The maximum Gasteiger partial charge on any atom is 0.261 e. The predicted molar refractivity (Wildman–Crippen MR) is 125 cm³/mol. The number of halogens is 1. The molecule has 0 saturated carbocycles. The lowest BCUT2D eigenvalue weighted by Gasteiger charge is -2.30. The van der Waals surface area contributed by atoms with Crippen LogP contribution in [0.25, 0.3) is 0 Å². The second-order valence-corrected chi connectivity index (χ2v) is 8.28. The van der Waals surface area contributed by atoms with Crippen LogP contribution in [0.3, 0.4) is 0 Å². The molecule has 2 aromatic rings. The van der Waals surface area contributed by atoms with Gasteiger partial charge in [-0.15, -0.1) is 0 Å². The Labute approximate surface area is 190 Å². The number of nitrogens with one attached hydrogen (secondary N) is 1. The molecule has 0 unspecified atom stereocenters. The molecular weight excluding hydrogens is 412 g/mol. The highest BCUT2D eigenvalue weighted by molar-refractivity contribution is 6.30. The van der Waals surface area contributed by atoms with Gasteiger partial charge >= 0.3 is 0 Å². The van der Waals surface area contributed by atoms with E-state index in [1.165, 1.54) is 0 Å². The van der Waals surface area contributed by atoms with E-state index in [9.17, 15) is 9.59 Å². The van der Waals surface area contributed by atoms with E-state index in [4.69, 9.17) is 16.3 Å². The zero-order chi connectivity index (χ0) is 22.8.